The molecule has 0 aliphatic rings. The fourth-order valence-electron chi connectivity index (χ4n) is 1.89. The van der Waals surface area contributed by atoms with Crippen molar-refractivity contribution < 1.29 is 23.8 Å². The third kappa shape index (κ3) is 4.31. The van der Waals surface area contributed by atoms with E-state index in [0.29, 0.717) is 0 Å². The molecule has 0 saturated heterocycles. The van der Waals surface area contributed by atoms with Crippen LogP contribution in [0, 0.1) is 5.82 Å². The molecule has 110 valence electrons. The lowest BCUT2D eigenvalue weighted by Crippen LogP contribution is -2.33. The van der Waals surface area contributed by atoms with E-state index in [1.807, 2.05) is 0 Å². The molecule has 0 radical (unpaired) electrons. The summed E-state index contributed by atoms with van der Waals surface area (Å²) in [6, 6.07) is 4.58. The van der Waals surface area contributed by atoms with Gasteiger partial charge in [0.15, 0.2) is 0 Å². The summed E-state index contributed by atoms with van der Waals surface area (Å²) >= 11 is 0. The highest BCUT2D eigenvalue weighted by molar-refractivity contribution is 5.76. The summed E-state index contributed by atoms with van der Waals surface area (Å²) in [5, 5.41) is 9.27. The number of hydrogen-bond acceptors (Lipinski definition) is 4. The molecule has 0 aliphatic heterocycles. The molecule has 0 bridgehead atoms. The van der Waals surface area contributed by atoms with Gasteiger partial charge < -0.3 is 9.84 Å². The van der Waals surface area contributed by atoms with E-state index in [1.165, 1.54) is 30.1 Å². The van der Waals surface area contributed by atoms with Crippen LogP contribution in [-0.4, -0.2) is 42.1 Å². The molecule has 0 aliphatic carbocycles. The molecule has 0 fully saturated rings. The highest BCUT2D eigenvalue weighted by Gasteiger charge is 2.27. The predicted octanol–water partition coefficient (Wildman–Crippen LogP) is 1.84. The van der Waals surface area contributed by atoms with Crippen LogP contribution >= 0.6 is 0 Å². The first kappa shape index (κ1) is 16.1. The molecular weight excluding hydrogens is 265 g/mol. The zero-order valence-corrected chi connectivity index (χ0v) is 11.5. The van der Waals surface area contributed by atoms with E-state index in [2.05, 4.69) is 0 Å². The van der Waals surface area contributed by atoms with Gasteiger partial charge in [0.2, 0.25) is 0 Å². The van der Waals surface area contributed by atoms with Gasteiger partial charge in [0, 0.05) is 12.1 Å². The summed E-state index contributed by atoms with van der Waals surface area (Å²) in [6.07, 6.45) is 0.0581. The Morgan fingerprint density at radius 2 is 2.05 bits per heavy atom. The minimum absolute atomic E-state index is 0.0581. The van der Waals surface area contributed by atoms with Crippen LogP contribution in [-0.2, 0) is 14.3 Å². The Morgan fingerprint density at radius 1 is 1.40 bits per heavy atom. The molecule has 0 aromatic heterocycles. The van der Waals surface area contributed by atoms with Gasteiger partial charge in [0.1, 0.15) is 11.9 Å². The van der Waals surface area contributed by atoms with E-state index >= 15 is 0 Å². The van der Waals surface area contributed by atoms with Gasteiger partial charge >= 0.3 is 11.9 Å². The van der Waals surface area contributed by atoms with Crippen molar-refractivity contribution in [2.75, 3.05) is 20.2 Å². The largest absolute Gasteiger partial charge is 0.480 e. The molecule has 6 heteroatoms. The Morgan fingerprint density at radius 3 is 2.60 bits per heavy atom. The molecule has 1 aromatic carbocycles. The van der Waals surface area contributed by atoms with E-state index in [0.717, 1.165) is 0 Å². The molecule has 1 unspecified atom stereocenters. The van der Waals surface area contributed by atoms with Crippen molar-refractivity contribution in [1.82, 2.24) is 4.90 Å². The molecule has 5 nitrogen and oxygen atoms in total. The van der Waals surface area contributed by atoms with Crippen LogP contribution in [0.25, 0.3) is 0 Å². The molecule has 0 saturated carbocycles. The molecule has 0 spiro atoms. The molecule has 0 heterocycles. The molecule has 1 aromatic rings. The lowest BCUT2D eigenvalue weighted by Gasteiger charge is -2.24. The predicted molar refractivity (Wildman–Crippen MR) is 70.7 cm³/mol. The molecule has 1 atom stereocenters. The van der Waals surface area contributed by atoms with Crippen molar-refractivity contribution in [3.05, 3.63) is 35.6 Å². The second-order valence-electron chi connectivity index (χ2n) is 4.30. The second kappa shape index (κ2) is 7.59. The number of rotatable bonds is 7. The Hall–Kier alpha value is -1.95. The summed E-state index contributed by atoms with van der Waals surface area (Å²) in [7, 11) is 1.53. The number of hydrogen-bond donors (Lipinski definition) is 1. The van der Waals surface area contributed by atoms with Gasteiger partial charge in [-0.3, -0.25) is 14.5 Å². The molecule has 1 rings (SSSR count). The van der Waals surface area contributed by atoms with Crippen LogP contribution in [0.2, 0.25) is 0 Å². The number of aliphatic carboxylic acids is 1. The zero-order valence-electron chi connectivity index (χ0n) is 11.5. The Balaban J connectivity index is 2.79. The normalized spacial score (nSPS) is 12.2. The van der Waals surface area contributed by atoms with Gasteiger partial charge in [0.25, 0.3) is 0 Å². The maximum absolute atomic E-state index is 13.7. The highest BCUT2D eigenvalue weighted by Crippen LogP contribution is 2.22. The quantitative estimate of drug-likeness (QED) is 0.773. The number of halogens is 1. The number of carboxylic acids is 1. The van der Waals surface area contributed by atoms with Gasteiger partial charge in [-0.1, -0.05) is 18.2 Å². The van der Waals surface area contributed by atoms with Crippen molar-refractivity contribution >= 4 is 11.9 Å². The SMILES string of the molecule is CCOC(=O)CCN(C)C(C(=O)O)c1ccccc1F. The van der Waals surface area contributed by atoms with Crippen molar-refractivity contribution in [2.24, 2.45) is 0 Å². The van der Waals surface area contributed by atoms with Crippen LogP contribution in [0.1, 0.15) is 24.9 Å². The van der Waals surface area contributed by atoms with Crippen LogP contribution in [0.4, 0.5) is 4.39 Å². The summed E-state index contributed by atoms with van der Waals surface area (Å²) in [5.74, 6) is -2.15. The topological polar surface area (TPSA) is 66.8 Å². The lowest BCUT2D eigenvalue weighted by molar-refractivity contribution is -0.147. The minimum atomic E-state index is -1.17. The average molecular weight is 283 g/mol. The van der Waals surface area contributed by atoms with Crippen molar-refractivity contribution in [2.45, 2.75) is 19.4 Å². The smallest absolute Gasteiger partial charge is 0.325 e. The maximum Gasteiger partial charge on any atom is 0.325 e. The van der Waals surface area contributed by atoms with Crippen molar-refractivity contribution in [3.63, 3.8) is 0 Å². The van der Waals surface area contributed by atoms with E-state index in [4.69, 9.17) is 4.74 Å². The van der Waals surface area contributed by atoms with E-state index < -0.39 is 23.8 Å². The Kier molecular flexibility index (Phi) is 6.11. The number of benzene rings is 1. The molecular formula is C14H18FNO4. The van der Waals surface area contributed by atoms with Crippen molar-refractivity contribution in [1.29, 1.82) is 0 Å². The van der Waals surface area contributed by atoms with E-state index in [-0.39, 0.29) is 25.1 Å². The summed E-state index contributed by atoms with van der Waals surface area (Å²) < 4.78 is 18.5. The lowest BCUT2D eigenvalue weighted by atomic mass is 10.0. The van der Waals surface area contributed by atoms with Crippen LogP contribution < -0.4 is 0 Å². The van der Waals surface area contributed by atoms with Crippen LogP contribution in [0.3, 0.4) is 0 Å². The van der Waals surface area contributed by atoms with Crippen LogP contribution in [0.15, 0.2) is 24.3 Å². The summed E-state index contributed by atoms with van der Waals surface area (Å²) in [5.41, 5.74) is 0.0753. The van der Waals surface area contributed by atoms with E-state index in [1.54, 1.807) is 13.0 Å². The van der Waals surface area contributed by atoms with Crippen molar-refractivity contribution in [3.8, 4) is 0 Å². The molecule has 20 heavy (non-hydrogen) atoms. The highest BCUT2D eigenvalue weighted by atomic mass is 19.1. The van der Waals surface area contributed by atoms with Gasteiger partial charge in [-0.2, -0.15) is 0 Å². The third-order valence-corrected chi connectivity index (χ3v) is 2.85. The van der Waals surface area contributed by atoms with Gasteiger partial charge in [-0.05, 0) is 20.0 Å². The van der Waals surface area contributed by atoms with E-state index in [9.17, 15) is 19.1 Å². The number of ether oxygens (including phenoxy) is 1. The number of carbonyl (C=O) groups excluding carboxylic acids is 1. The standard InChI is InChI=1S/C14H18FNO4/c1-3-20-12(17)8-9-16(2)13(14(18)19)10-6-4-5-7-11(10)15/h4-7,13H,3,8-9H2,1-2H3,(H,18,19). The fraction of sp³-hybridized carbons (Fsp3) is 0.429. The summed E-state index contributed by atoms with van der Waals surface area (Å²) in [4.78, 5) is 24.0. The maximum atomic E-state index is 13.7. The number of nitrogens with zero attached hydrogens (tertiary/aromatic N) is 1. The Bertz CT molecular complexity index is 478. The number of likely N-dealkylation sites (N-methyl/N-ethyl adjacent to an activating group) is 1. The zero-order chi connectivity index (χ0) is 15.1. The Labute approximate surface area is 117 Å². The fourth-order valence-corrected chi connectivity index (χ4v) is 1.89. The molecule has 1 N–H and O–H groups in total. The first-order valence-electron chi connectivity index (χ1n) is 6.30. The van der Waals surface area contributed by atoms with Gasteiger partial charge in [-0.15, -0.1) is 0 Å². The number of esters is 1. The first-order valence-corrected chi connectivity index (χ1v) is 6.30. The van der Waals surface area contributed by atoms with Crippen LogP contribution in [0.5, 0.6) is 0 Å². The minimum Gasteiger partial charge on any atom is -0.480 e. The van der Waals surface area contributed by atoms with Gasteiger partial charge in [0.05, 0.1) is 13.0 Å². The monoisotopic (exact) mass is 283 g/mol. The second-order valence-corrected chi connectivity index (χ2v) is 4.30. The third-order valence-electron chi connectivity index (χ3n) is 2.85. The average Bonchev–Trinajstić information content (AvgIpc) is 2.39. The van der Waals surface area contributed by atoms with Gasteiger partial charge in [-0.25, -0.2) is 4.39 Å². The number of carboxylic acid groups (broad SMARTS) is 1. The molecule has 0 amide bonds. The summed E-state index contributed by atoms with van der Waals surface area (Å²) in [6.45, 7) is 2.14. The number of carbonyl (C=O) groups is 2. The first-order chi connectivity index (χ1) is 9.47.